The Hall–Kier alpha value is -1.20. The Balaban J connectivity index is 5.86. The van der Waals surface area contributed by atoms with Gasteiger partial charge < -0.3 is 9.47 Å². The summed E-state index contributed by atoms with van der Waals surface area (Å²) >= 11 is 0. The van der Waals surface area contributed by atoms with E-state index in [4.69, 9.17) is 0 Å². The maximum absolute atomic E-state index is 12.4. The maximum Gasteiger partial charge on any atom is 0.422 e. The largest absolute Gasteiger partial charge is 0.462 e. The molecule has 0 saturated heterocycles. The number of esters is 1. The molecule has 0 spiro atoms. The van der Waals surface area contributed by atoms with E-state index in [1.54, 1.807) is 0 Å². The molecule has 12 heteroatoms. The Morgan fingerprint density at radius 3 is 1.40 bits per heavy atom. The highest BCUT2D eigenvalue weighted by molar-refractivity contribution is 5.80. The number of hydrogen-bond donors (Lipinski definition) is 0. The molecule has 0 unspecified atom stereocenters. The van der Waals surface area contributed by atoms with Crippen LogP contribution < -0.4 is 0 Å². The normalized spacial score (nSPS) is 14.3. The molecule has 0 heterocycles. The van der Waals surface area contributed by atoms with Crippen molar-refractivity contribution in [2.75, 3.05) is 20.3 Å². The van der Waals surface area contributed by atoms with Crippen LogP contribution >= 0.6 is 0 Å². The van der Waals surface area contributed by atoms with E-state index in [1.165, 1.54) is 0 Å². The third-order valence-electron chi connectivity index (χ3n) is 2.10. The quantitative estimate of drug-likeness (QED) is 0.454. The summed E-state index contributed by atoms with van der Waals surface area (Å²) in [7, 11) is 0.943. The Labute approximate surface area is 105 Å². The predicted molar refractivity (Wildman–Crippen MR) is 43.4 cm³/mol. The number of carbonyl (C=O) groups excluding carboxylic acids is 1. The summed E-state index contributed by atoms with van der Waals surface area (Å²) < 4.78 is 119. The highest BCUT2D eigenvalue weighted by Gasteiger charge is 2.89. The topological polar surface area (TPSA) is 35.5 Å². The van der Waals surface area contributed by atoms with Gasteiger partial charge in [0.25, 0.3) is 0 Å². The van der Waals surface area contributed by atoms with E-state index in [0.29, 0.717) is 0 Å². The van der Waals surface area contributed by atoms with Crippen molar-refractivity contribution in [3.05, 3.63) is 0 Å². The molecule has 0 aliphatic carbocycles. The van der Waals surface area contributed by atoms with Gasteiger partial charge in [0, 0.05) is 7.11 Å². The van der Waals surface area contributed by atoms with Gasteiger partial charge in [-0.25, -0.2) is 0 Å². The van der Waals surface area contributed by atoms with Crippen LogP contribution in [0.15, 0.2) is 0 Å². The maximum atomic E-state index is 12.4. The molecule has 0 amide bonds. The van der Waals surface area contributed by atoms with Crippen molar-refractivity contribution in [3.8, 4) is 0 Å². The van der Waals surface area contributed by atoms with E-state index in [2.05, 4.69) is 9.47 Å². The average Bonchev–Trinajstić information content (AvgIpc) is 2.10. The molecular weight excluding hydrogens is 315 g/mol. The molecule has 0 radical (unpaired) electrons. The lowest BCUT2D eigenvalue weighted by molar-refractivity contribution is -0.412. The van der Waals surface area contributed by atoms with Crippen molar-refractivity contribution in [3.63, 3.8) is 0 Å². The van der Waals surface area contributed by atoms with Gasteiger partial charge in [-0.15, -0.1) is 0 Å². The fourth-order valence-electron chi connectivity index (χ4n) is 1.16. The Bertz CT molecular complexity index is 305. The predicted octanol–water partition coefficient (Wildman–Crippen LogP) is 2.85. The van der Waals surface area contributed by atoms with Gasteiger partial charge in [-0.3, -0.25) is 4.79 Å². The van der Waals surface area contributed by atoms with Crippen LogP contribution in [0.4, 0.5) is 39.5 Å². The number of hydrogen-bond acceptors (Lipinski definition) is 3. The smallest absolute Gasteiger partial charge is 0.422 e. The SMILES string of the molecule is COCCOC(=O)C(C(F)(F)F)(C(F)(F)F)C(F)(F)F. The van der Waals surface area contributed by atoms with Crippen LogP contribution in [0.1, 0.15) is 0 Å². The lowest BCUT2D eigenvalue weighted by Crippen LogP contribution is -2.64. The summed E-state index contributed by atoms with van der Waals surface area (Å²) in [6.45, 7) is -1.87. The van der Waals surface area contributed by atoms with Crippen molar-refractivity contribution in [2.45, 2.75) is 18.5 Å². The van der Waals surface area contributed by atoms with E-state index < -0.39 is 43.1 Å². The molecule has 0 bridgehead atoms. The Kier molecular flexibility index (Phi) is 5.32. The highest BCUT2D eigenvalue weighted by Crippen LogP contribution is 2.59. The molecule has 0 fully saturated rings. The Morgan fingerprint density at radius 1 is 0.800 bits per heavy atom. The minimum absolute atomic E-state index is 0.671. The summed E-state index contributed by atoms with van der Waals surface area (Å²) in [5.74, 6) is -3.50. The van der Waals surface area contributed by atoms with E-state index in [9.17, 15) is 44.3 Å². The lowest BCUT2D eigenvalue weighted by Gasteiger charge is -2.35. The van der Waals surface area contributed by atoms with Crippen LogP contribution in [0.2, 0.25) is 0 Å². The van der Waals surface area contributed by atoms with Gasteiger partial charge in [-0.1, -0.05) is 0 Å². The fourth-order valence-corrected chi connectivity index (χ4v) is 1.16. The fraction of sp³-hybridized carbons (Fsp3) is 0.875. The zero-order chi connectivity index (χ0) is 16.4. The van der Waals surface area contributed by atoms with E-state index in [-0.39, 0.29) is 0 Å². The minimum Gasteiger partial charge on any atom is -0.462 e. The summed E-state index contributed by atoms with van der Waals surface area (Å²) in [4.78, 5) is 10.8. The molecule has 20 heavy (non-hydrogen) atoms. The number of carbonyl (C=O) groups is 1. The standard InChI is InChI=1S/C8H7F9O3/c1-19-2-3-20-4(18)5(6(9,10)11,7(12,13)14)8(15,16)17/h2-3H2,1H3. The summed E-state index contributed by atoms with van der Waals surface area (Å²) in [6, 6.07) is 0. The van der Waals surface area contributed by atoms with Gasteiger partial charge in [-0.05, 0) is 0 Å². The number of ether oxygens (including phenoxy) is 2. The zero-order valence-corrected chi connectivity index (χ0v) is 9.54. The third-order valence-corrected chi connectivity index (χ3v) is 2.10. The number of methoxy groups -OCH3 is 1. The second kappa shape index (κ2) is 5.66. The Morgan fingerprint density at radius 2 is 1.15 bits per heavy atom. The van der Waals surface area contributed by atoms with Gasteiger partial charge in [0.1, 0.15) is 6.61 Å². The molecule has 120 valence electrons. The first-order valence-corrected chi connectivity index (χ1v) is 4.59. The lowest BCUT2D eigenvalue weighted by atomic mass is 9.85. The van der Waals surface area contributed by atoms with E-state index in [1.807, 2.05) is 0 Å². The van der Waals surface area contributed by atoms with Gasteiger partial charge in [-0.2, -0.15) is 39.5 Å². The number of alkyl halides is 9. The monoisotopic (exact) mass is 322 g/mol. The molecule has 0 aromatic carbocycles. The van der Waals surface area contributed by atoms with Gasteiger partial charge in [0.2, 0.25) is 0 Å². The van der Waals surface area contributed by atoms with Crippen LogP contribution in [0.5, 0.6) is 0 Å². The first-order valence-electron chi connectivity index (χ1n) is 4.59. The third kappa shape index (κ3) is 3.10. The van der Waals surface area contributed by atoms with E-state index in [0.717, 1.165) is 7.11 Å². The van der Waals surface area contributed by atoms with Crippen molar-refractivity contribution in [1.29, 1.82) is 0 Å². The zero-order valence-electron chi connectivity index (χ0n) is 9.54. The van der Waals surface area contributed by atoms with Crippen LogP contribution in [-0.4, -0.2) is 44.8 Å². The van der Waals surface area contributed by atoms with Crippen LogP contribution in [0.3, 0.4) is 0 Å². The van der Waals surface area contributed by atoms with Gasteiger partial charge in [0.15, 0.2) is 0 Å². The van der Waals surface area contributed by atoms with Crippen LogP contribution in [0, 0.1) is 5.41 Å². The first kappa shape index (κ1) is 18.8. The van der Waals surface area contributed by atoms with Gasteiger partial charge in [0.05, 0.1) is 6.61 Å². The van der Waals surface area contributed by atoms with Crippen LogP contribution in [-0.2, 0) is 14.3 Å². The van der Waals surface area contributed by atoms with Crippen molar-refractivity contribution in [1.82, 2.24) is 0 Å². The summed E-state index contributed by atoms with van der Waals surface area (Å²) in [5.41, 5.74) is -6.60. The second-order valence-electron chi connectivity index (χ2n) is 3.37. The van der Waals surface area contributed by atoms with Crippen molar-refractivity contribution in [2.24, 2.45) is 5.41 Å². The number of halogens is 9. The summed E-state index contributed by atoms with van der Waals surface area (Å²) in [5, 5.41) is 0. The molecule has 0 saturated carbocycles. The highest BCUT2D eigenvalue weighted by atomic mass is 19.4. The van der Waals surface area contributed by atoms with E-state index >= 15 is 0 Å². The molecule has 0 N–H and O–H groups in total. The molecular formula is C8H7F9O3. The number of rotatable bonds is 4. The minimum atomic E-state index is -6.96. The molecule has 3 nitrogen and oxygen atoms in total. The van der Waals surface area contributed by atoms with Gasteiger partial charge >= 0.3 is 29.9 Å². The first-order chi connectivity index (χ1) is 8.73. The molecule has 0 aromatic heterocycles. The molecule has 0 rings (SSSR count). The van der Waals surface area contributed by atoms with Crippen molar-refractivity contribution < 1.29 is 53.8 Å². The molecule has 0 aliphatic heterocycles. The second-order valence-corrected chi connectivity index (χ2v) is 3.37. The summed E-state index contributed by atoms with van der Waals surface area (Å²) in [6.07, 6.45) is -20.9. The van der Waals surface area contributed by atoms with Crippen molar-refractivity contribution >= 4 is 5.97 Å². The average molecular weight is 322 g/mol. The molecule has 0 aromatic rings. The van der Waals surface area contributed by atoms with Crippen LogP contribution in [0.25, 0.3) is 0 Å². The molecule has 0 atom stereocenters. The molecule has 0 aliphatic rings.